The molecular weight excluding hydrogens is 279 g/mol. The zero-order chi connectivity index (χ0) is 14.9. The molecule has 1 saturated heterocycles. The van der Waals surface area contributed by atoms with Crippen LogP contribution < -0.4 is 10.2 Å². The number of fused-ring (bicyclic) bond motifs is 1. The van der Waals surface area contributed by atoms with E-state index in [1.54, 1.807) is 12.1 Å². The molecule has 2 aromatic rings. The summed E-state index contributed by atoms with van der Waals surface area (Å²) in [6.07, 6.45) is 3.24. The lowest BCUT2D eigenvalue weighted by Gasteiger charge is -2.30. The van der Waals surface area contributed by atoms with Crippen molar-refractivity contribution in [2.75, 3.05) is 31.1 Å². The van der Waals surface area contributed by atoms with Crippen LogP contribution in [-0.4, -0.2) is 36.1 Å². The van der Waals surface area contributed by atoms with E-state index in [9.17, 15) is 4.39 Å². The molecule has 4 nitrogen and oxygen atoms in total. The Morgan fingerprint density at radius 2 is 1.77 bits per heavy atom. The average Bonchev–Trinajstić information content (AvgIpc) is 3.04. The number of piperazine rings is 1. The van der Waals surface area contributed by atoms with Gasteiger partial charge in [0.2, 0.25) is 0 Å². The number of aryl methyl sites for hydroxylation is 1. The van der Waals surface area contributed by atoms with Crippen LogP contribution in [0.15, 0.2) is 24.3 Å². The molecule has 2 aliphatic rings. The molecule has 1 aliphatic heterocycles. The summed E-state index contributed by atoms with van der Waals surface area (Å²) in [5.41, 5.74) is 3.36. The smallest absolute Gasteiger partial charge is 0.161 e. The topological polar surface area (TPSA) is 41.1 Å². The van der Waals surface area contributed by atoms with Gasteiger partial charge < -0.3 is 10.2 Å². The third-order valence-electron chi connectivity index (χ3n) is 4.43. The van der Waals surface area contributed by atoms with Crippen molar-refractivity contribution in [2.24, 2.45) is 0 Å². The van der Waals surface area contributed by atoms with Gasteiger partial charge >= 0.3 is 0 Å². The van der Waals surface area contributed by atoms with Crippen LogP contribution in [0.5, 0.6) is 0 Å². The maximum atomic E-state index is 13.1. The fourth-order valence-corrected chi connectivity index (χ4v) is 3.28. The summed E-state index contributed by atoms with van der Waals surface area (Å²) in [7, 11) is 0. The Balaban J connectivity index is 1.78. The Kier molecular flexibility index (Phi) is 3.50. The highest BCUT2D eigenvalue weighted by molar-refractivity contribution is 5.61. The van der Waals surface area contributed by atoms with Gasteiger partial charge in [-0.2, -0.15) is 0 Å². The molecule has 1 aromatic heterocycles. The summed E-state index contributed by atoms with van der Waals surface area (Å²) in [5.74, 6) is 1.57. The Hall–Kier alpha value is -2.01. The molecular formula is C17H19FN4. The molecule has 0 unspecified atom stereocenters. The van der Waals surface area contributed by atoms with Crippen molar-refractivity contribution in [1.82, 2.24) is 15.3 Å². The van der Waals surface area contributed by atoms with E-state index in [-0.39, 0.29) is 5.82 Å². The minimum Gasteiger partial charge on any atom is -0.354 e. The first-order valence-electron chi connectivity index (χ1n) is 7.93. The van der Waals surface area contributed by atoms with Gasteiger partial charge in [0.15, 0.2) is 5.82 Å². The summed E-state index contributed by atoms with van der Waals surface area (Å²) in [6.45, 7) is 3.94. The maximum absolute atomic E-state index is 13.1. The van der Waals surface area contributed by atoms with E-state index in [0.717, 1.165) is 56.8 Å². The summed E-state index contributed by atoms with van der Waals surface area (Å²) in [5, 5.41) is 3.38. The molecule has 22 heavy (non-hydrogen) atoms. The van der Waals surface area contributed by atoms with Crippen molar-refractivity contribution in [2.45, 2.75) is 19.3 Å². The van der Waals surface area contributed by atoms with Crippen molar-refractivity contribution in [3.05, 3.63) is 41.3 Å². The largest absolute Gasteiger partial charge is 0.354 e. The molecule has 0 saturated carbocycles. The Labute approximate surface area is 129 Å². The maximum Gasteiger partial charge on any atom is 0.161 e. The second kappa shape index (κ2) is 5.65. The molecule has 0 amide bonds. The van der Waals surface area contributed by atoms with Crippen LogP contribution in [-0.2, 0) is 12.8 Å². The van der Waals surface area contributed by atoms with Gasteiger partial charge in [0.05, 0.1) is 0 Å². The van der Waals surface area contributed by atoms with Crippen molar-refractivity contribution in [3.63, 3.8) is 0 Å². The monoisotopic (exact) mass is 298 g/mol. The predicted octanol–water partition coefficient (Wildman–Crippen LogP) is 2.18. The van der Waals surface area contributed by atoms with Crippen LogP contribution in [0.4, 0.5) is 10.2 Å². The minimum atomic E-state index is -0.229. The molecule has 5 heteroatoms. The lowest BCUT2D eigenvalue weighted by Crippen LogP contribution is -2.44. The van der Waals surface area contributed by atoms with Gasteiger partial charge in [0.25, 0.3) is 0 Å². The Morgan fingerprint density at radius 1 is 1.00 bits per heavy atom. The zero-order valence-corrected chi connectivity index (χ0v) is 12.5. The second-order valence-corrected chi connectivity index (χ2v) is 5.89. The molecule has 114 valence electrons. The van der Waals surface area contributed by atoms with E-state index < -0.39 is 0 Å². The zero-order valence-electron chi connectivity index (χ0n) is 12.5. The molecule has 1 aliphatic carbocycles. The quantitative estimate of drug-likeness (QED) is 0.922. The number of nitrogens with zero attached hydrogens (tertiary/aromatic N) is 3. The molecule has 0 bridgehead atoms. The molecule has 1 fully saturated rings. The number of benzene rings is 1. The van der Waals surface area contributed by atoms with Crippen LogP contribution in [0.2, 0.25) is 0 Å². The fourth-order valence-electron chi connectivity index (χ4n) is 3.28. The van der Waals surface area contributed by atoms with E-state index in [2.05, 4.69) is 10.2 Å². The summed E-state index contributed by atoms with van der Waals surface area (Å²) < 4.78 is 13.1. The first kappa shape index (κ1) is 13.6. The second-order valence-electron chi connectivity index (χ2n) is 5.89. The summed E-state index contributed by atoms with van der Waals surface area (Å²) in [4.78, 5) is 11.9. The van der Waals surface area contributed by atoms with Gasteiger partial charge in [-0.05, 0) is 43.5 Å². The first-order valence-corrected chi connectivity index (χ1v) is 7.93. The Morgan fingerprint density at radius 3 is 2.55 bits per heavy atom. The van der Waals surface area contributed by atoms with Gasteiger partial charge in [-0.3, -0.25) is 0 Å². The molecule has 1 N–H and O–H groups in total. The van der Waals surface area contributed by atoms with E-state index in [1.165, 1.54) is 23.4 Å². The number of anilines is 1. The number of rotatable bonds is 2. The lowest BCUT2D eigenvalue weighted by molar-refractivity contribution is 0.583. The van der Waals surface area contributed by atoms with Crippen molar-refractivity contribution < 1.29 is 4.39 Å². The first-order chi connectivity index (χ1) is 10.8. The number of hydrogen-bond acceptors (Lipinski definition) is 4. The normalized spacial score (nSPS) is 17.6. The summed E-state index contributed by atoms with van der Waals surface area (Å²) in [6, 6.07) is 6.45. The van der Waals surface area contributed by atoms with Gasteiger partial charge in [-0.15, -0.1) is 0 Å². The van der Waals surface area contributed by atoms with Crippen molar-refractivity contribution in [3.8, 4) is 11.4 Å². The fraction of sp³-hybridized carbons (Fsp3) is 0.412. The summed E-state index contributed by atoms with van der Waals surface area (Å²) >= 11 is 0. The molecule has 0 spiro atoms. The van der Waals surface area contributed by atoms with Gasteiger partial charge in [0.1, 0.15) is 11.6 Å². The molecule has 4 rings (SSSR count). The lowest BCUT2D eigenvalue weighted by atomic mass is 10.1. The highest BCUT2D eigenvalue weighted by atomic mass is 19.1. The third-order valence-corrected chi connectivity index (χ3v) is 4.43. The molecule has 0 radical (unpaired) electrons. The Bertz CT molecular complexity index is 678. The highest BCUT2D eigenvalue weighted by Crippen LogP contribution is 2.31. The molecule has 1 aromatic carbocycles. The van der Waals surface area contributed by atoms with Crippen molar-refractivity contribution >= 4 is 5.82 Å². The van der Waals surface area contributed by atoms with Crippen LogP contribution in [0.3, 0.4) is 0 Å². The number of halogens is 1. The van der Waals surface area contributed by atoms with Crippen molar-refractivity contribution in [1.29, 1.82) is 0 Å². The number of aromatic nitrogens is 2. The van der Waals surface area contributed by atoms with E-state index in [4.69, 9.17) is 9.97 Å². The minimum absolute atomic E-state index is 0.229. The van der Waals surface area contributed by atoms with Crippen LogP contribution >= 0.6 is 0 Å². The number of nitrogens with one attached hydrogen (secondary N) is 1. The van der Waals surface area contributed by atoms with E-state index >= 15 is 0 Å². The van der Waals surface area contributed by atoms with Crippen LogP contribution in [0, 0.1) is 5.82 Å². The van der Waals surface area contributed by atoms with Gasteiger partial charge in [-0.1, -0.05) is 0 Å². The third kappa shape index (κ3) is 2.46. The van der Waals surface area contributed by atoms with Crippen LogP contribution in [0.1, 0.15) is 17.7 Å². The predicted molar refractivity (Wildman–Crippen MR) is 84.5 cm³/mol. The standard InChI is InChI=1S/C17H19FN4/c18-13-6-4-12(5-7-13)16-20-15-3-1-2-14(15)17(21-16)22-10-8-19-9-11-22/h4-7,19H,1-3,8-11H2. The van der Waals surface area contributed by atoms with E-state index in [1.807, 2.05) is 0 Å². The highest BCUT2D eigenvalue weighted by Gasteiger charge is 2.24. The molecule has 2 heterocycles. The SMILES string of the molecule is Fc1ccc(-c2nc3c(c(N4CCNCC4)n2)CCC3)cc1. The van der Waals surface area contributed by atoms with Crippen LogP contribution in [0.25, 0.3) is 11.4 Å². The van der Waals surface area contributed by atoms with E-state index in [0.29, 0.717) is 5.82 Å². The average molecular weight is 298 g/mol. The van der Waals surface area contributed by atoms with Gasteiger partial charge in [-0.25, -0.2) is 14.4 Å². The molecule has 0 atom stereocenters. The van der Waals surface area contributed by atoms with Gasteiger partial charge in [0, 0.05) is 43.0 Å². The number of hydrogen-bond donors (Lipinski definition) is 1.